The number of carbonyl (C=O) groups excluding carboxylic acids is 1. The van der Waals surface area contributed by atoms with E-state index in [0.29, 0.717) is 19.4 Å². The zero-order chi connectivity index (χ0) is 8.97. The SMILES string of the molecule is NCCC1=NN(CCO)C(=O)C1. The Hall–Kier alpha value is -0.940. The molecule has 0 aromatic carbocycles. The lowest BCUT2D eigenvalue weighted by Gasteiger charge is -2.07. The molecule has 0 aromatic rings. The fourth-order valence-corrected chi connectivity index (χ4v) is 1.10. The van der Waals surface area contributed by atoms with Crippen molar-refractivity contribution >= 4 is 11.6 Å². The molecule has 5 heteroatoms. The van der Waals surface area contributed by atoms with Crippen LogP contribution in [-0.4, -0.2) is 41.4 Å². The Labute approximate surface area is 70.8 Å². The highest BCUT2D eigenvalue weighted by Crippen LogP contribution is 2.08. The highest BCUT2D eigenvalue weighted by molar-refractivity contribution is 6.04. The van der Waals surface area contributed by atoms with Gasteiger partial charge in [0.2, 0.25) is 5.91 Å². The van der Waals surface area contributed by atoms with Crippen LogP contribution in [0.15, 0.2) is 5.10 Å². The fraction of sp³-hybridized carbons (Fsp3) is 0.714. The van der Waals surface area contributed by atoms with Gasteiger partial charge in [-0.3, -0.25) is 4.79 Å². The van der Waals surface area contributed by atoms with Gasteiger partial charge in [-0.25, -0.2) is 5.01 Å². The monoisotopic (exact) mass is 171 g/mol. The Kier molecular flexibility index (Phi) is 3.19. The van der Waals surface area contributed by atoms with Crippen molar-refractivity contribution in [2.24, 2.45) is 10.8 Å². The summed E-state index contributed by atoms with van der Waals surface area (Å²) in [6.07, 6.45) is 1.02. The molecule has 0 bridgehead atoms. The van der Waals surface area contributed by atoms with Crippen LogP contribution in [0.3, 0.4) is 0 Å². The Balaban J connectivity index is 2.48. The summed E-state index contributed by atoms with van der Waals surface area (Å²) in [5.74, 6) is -0.0486. The third kappa shape index (κ3) is 2.02. The maximum absolute atomic E-state index is 11.1. The molecule has 1 rings (SSSR count). The van der Waals surface area contributed by atoms with Crippen molar-refractivity contribution in [3.8, 4) is 0 Å². The van der Waals surface area contributed by atoms with E-state index in [2.05, 4.69) is 5.10 Å². The van der Waals surface area contributed by atoms with E-state index in [1.54, 1.807) is 0 Å². The van der Waals surface area contributed by atoms with Gasteiger partial charge in [0.25, 0.3) is 0 Å². The average Bonchev–Trinajstić information content (AvgIpc) is 2.34. The smallest absolute Gasteiger partial charge is 0.248 e. The van der Waals surface area contributed by atoms with Gasteiger partial charge in [-0.15, -0.1) is 0 Å². The van der Waals surface area contributed by atoms with E-state index in [1.165, 1.54) is 5.01 Å². The maximum Gasteiger partial charge on any atom is 0.248 e. The minimum absolute atomic E-state index is 0.0486. The molecule has 0 spiro atoms. The number of amides is 1. The minimum Gasteiger partial charge on any atom is -0.394 e. The van der Waals surface area contributed by atoms with Crippen molar-refractivity contribution in [3.05, 3.63) is 0 Å². The largest absolute Gasteiger partial charge is 0.394 e. The summed E-state index contributed by atoms with van der Waals surface area (Å²) in [6.45, 7) is 0.747. The standard InChI is InChI=1S/C7H13N3O2/c8-2-1-6-5-7(12)10(9-6)3-4-11/h11H,1-5,8H2. The van der Waals surface area contributed by atoms with E-state index in [0.717, 1.165) is 5.71 Å². The summed E-state index contributed by atoms with van der Waals surface area (Å²) < 4.78 is 0. The molecule has 0 unspecified atom stereocenters. The van der Waals surface area contributed by atoms with E-state index in [4.69, 9.17) is 10.8 Å². The lowest BCUT2D eigenvalue weighted by Crippen LogP contribution is -2.23. The maximum atomic E-state index is 11.1. The molecule has 68 valence electrons. The van der Waals surface area contributed by atoms with Gasteiger partial charge in [0.1, 0.15) is 0 Å². The number of hydrogen-bond acceptors (Lipinski definition) is 4. The van der Waals surface area contributed by atoms with Crippen LogP contribution in [0.25, 0.3) is 0 Å². The zero-order valence-electron chi connectivity index (χ0n) is 6.86. The van der Waals surface area contributed by atoms with Crippen LogP contribution < -0.4 is 5.73 Å². The summed E-state index contributed by atoms with van der Waals surface area (Å²) in [5, 5.41) is 13.9. The summed E-state index contributed by atoms with van der Waals surface area (Å²) >= 11 is 0. The van der Waals surface area contributed by atoms with Crippen molar-refractivity contribution < 1.29 is 9.90 Å². The number of hydrazone groups is 1. The second kappa shape index (κ2) is 4.18. The van der Waals surface area contributed by atoms with Crippen molar-refractivity contribution in [3.63, 3.8) is 0 Å². The molecule has 0 fully saturated rings. The average molecular weight is 171 g/mol. The van der Waals surface area contributed by atoms with Crippen LogP contribution in [-0.2, 0) is 4.79 Å². The molecule has 12 heavy (non-hydrogen) atoms. The van der Waals surface area contributed by atoms with Gasteiger partial charge in [-0.1, -0.05) is 0 Å². The van der Waals surface area contributed by atoms with Crippen LogP contribution in [0.1, 0.15) is 12.8 Å². The molecule has 0 atom stereocenters. The molecule has 0 saturated heterocycles. The molecule has 3 N–H and O–H groups in total. The number of β-amino-alcohol motifs (C(OH)–C–C–N with tert-alkyl or cyclic N) is 1. The Morgan fingerprint density at radius 3 is 3.00 bits per heavy atom. The predicted molar refractivity (Wildman–Crippen MR) is 44.5 cm³/mol. The zero-order valence-corrected chi connectivity index (χ0v) is 6.86. The number of aliphatic hydroxyl groups excluding tert-OH is 1. The number of nitrogens with zero attached hydrogens (tertiary/aromatic N) is 2. The Morgan fingerprint density at radius 2 is 2.42 bits per heavy atom. The highest BCUT2D eigenvalue weighted by atomic mass is 16.3. The number of nitrogens with two attached hydrogens (primary N) is 1. The molecule has 1 heterocycles. The molecule has 1 amide bonds. The van der Waals surface area contributed by atoms with E-state index in [-0.39, 0.29) is 19.1 Å². The van der Waals surface area contributed by atoms with Gasteiger partial charge < -0.3 is 10.8 Å². The van der Waals surface area contributed by atoms with Gasteiger partial charge in [-0.2, -0.15) is 5.10 Å². The van der Waals surface area contributed by atoms with E-state index in [9.17, 15) is 4.79 Å². The molecule has 0 radical (unpaired) electrons. The first kappa shape index (κ1) is 9.15. The Morgan fingerprint density at radius 1 is 1.67 bits per heavy atom. The summed E-state index contributed by atoms with van der Waals surface area (Å²) in [4.78, 5) is 11.1. The predicted octanol–water partition coefficient (Wildman–Crippen LogP) is -1.08. The molecular formula is C7H13N3O2. The first-order valence-electron chi connectivity index (χ1n) is 3.95. The van der Waals surface area contributed by atoms with Crippen molar-refractivity contribution in [2.45, 2.75) is 12.8 Å². The topological polar surface area (TPSA) is 78.9 Å². The van der Waals surface area contributed by atoms with Crippen LogP contribution in [0.2, 0.25) is 0 Å². The molecule has 0 aromatic heterocycles. The lowest BCUT2D eigenvalue weighted by molar-refractivity contribution is -0.129. The van der Waals surface area contributed by atoms with Gasteiger partial charge in [0, 0.05) is 12.1 Å². The van der Waals surface area contributed by atoms with E-state index in [1.807, 2.05) is 0 Å². The number of rotatable bonds is 4. The number of aliphatic hydroxyl groups is 1. The Bertz CT molecular complexity index is 203. The second-order valence-electron chi connectivity index (χ2n) is 2.62. The molecule has 1 aliphatic rings. The van der Waals surface area contributed by atoms with Crippen LogP contribution in [0.5, 0.6) is 0 Å². The van der Waals surface area contributed by atoms with Gasteiger partial charge in [0.05, 0.1) is 19.6 Å². The lowest BCUT2D eigenvalue weighted by atomic mass is 10.2. The summed E-state index contributed by atoms with van der Waals surface area (Å²) in [5.41, 5.74) is 6.13. The van der Waals surface area contributed by atoms with Crippen LogP contribution in [0, 0.1) is 0 Å². The molecule has 1 aliphatic heterocycles. The number of carbonyl (C=O) groups is 1. The van der Waals surface area contributed by atoms with Crippen molar-refractivity contribution in [1.29, 1.82) is 0 Å². The molecule has 5 nitrogen and oxygen atoms in total. The molecule has 0 saturated carbocycles. The molecule has 0 aliphatic carbocycles. The van der Waals surface area contributed by atoms with E-state index >= 15 is 0 Å². The molecular weight excluding hydrogens is 158 g/mol. The normalized spacial score (nSPS) is 17.0. The summed E-state index contributed by atoms with van der Waals surface area (Å²) in [6, 6.07) is 0. The fourth-order valence-electron chi connectivity index (χ4n) is 1.10. The van der Waals surface area contributed by atoms with Crippen molar-refractivity contribution in [1.82, 2.24) is 5.01 Å². The van der Waals surface area contributed by atoms with Crippen LogP contribution in [0.4, 0.5) is 0 Å². The van der Waals surface area contributed by atoms with Gasteiger partial charge >= 0.3 is 0 Å². The van der Waals surface area contributed by atoms with Crippen LogP contribution >= 0.6 is 0 Å². The van der Waals surface area contributed by atoms with E-state index < -0.39 is 0 Å². The van der Waals surface area contributed by atoms with Gasteiger partial charge in [-0.05, 0) is 6.54 Å². The quantitative estimate of drug-likeness (QED) is 0.564. The first-order chi connectivity index (χ1) is 5.77. The first-order valence-corrected chi connectivity index (χ1v) is 3.95. The van der Waals surface area contributed by atoms with Gasteiger partial charge in [0.15, 0.2) is 0 Å². The summed E-state index contributed by atoms with van der Waals surface area (Å²) in [7, 11) is 0. The third-order valence-electron chi connectivity index (χ3n) is 1.65. The number of hydrogen-bond donors (Lipinski definition) is 2. The third-order valence-corrected chi connectivity index (χ3v) is 1.65. The minimum atomic E-state index is -0.0505. The second-order valence-corrected chi connectivity index (χ2v) is 2.62. The van der Waals surface area contributed by atoms with Crippen molar-refractivity contribution in [2.75, 3.05) is 19.7 Å². The highest BCUT2D eigenvalue weighted by Gasteiger charge is 2.21.